The van der Waals surface area contributed by atoms with Gasteiger partial charge in [-0.15, -0.1) is 0 Å². The van der Waals surface area contributed by atoms with Crippen LogP contribution in [0.1, 0.15) is 20.3 Å². The van der Waals surface area contributed by atoms with E-state index in [9.17, 15) is 9.59 Å². The van der Waals surface area contributed by atoms with Crippen molar-refractivity contribution in [2.24, 2.45) is 0 Å². The minimum atomic E-state index is -1.06. The fraction of sp³-hybridized carbons (Fsp3) is 0.333. The number of aliphatic carboxylic acids is 1. The van der Waals surface area contributed by atoms with Crippen LogP contribution in [-0.4, -0.2) is 16.9 Å². The van der Waals surface area contributed by atoms with Crippen LogP contribution in [0.3, 0.4) is 0 Å². The van der Waals surface area contributed by atoms with Gasteiger partial charge in [0.25, 0.3) is 0 Å². The van der Waals surface area contributed by atoms with E-state index in [1.165, 1.54) is 6.92 Å². The third-order valence-corrected chi connectivity index (χ3v) is 1.14. The number of ketones is 1. The molecule has 3 nitrogen and oxygen atoms in total. The maximum absolute atomic E-state index is 10.6. The molecule has 0 aromatic heterocycles. The van der Waals surface area contributed by atoms with Gasteiger partial charge < -0.3 is 5.11 Å². The van der Waals surface area contributed by atoms with E-state index in [-0.39, 0.29) is 17.8 Å². The summed E-state index contributed by atoms with van der Waals surface area (Å²) in [6, 6.07) is 0. The molecule has 0 atom stereocenters. The molecule has 0 aliphatic heterocycles. The van der Waals surface area contributed by atoms with Gasteiger partial charge >= 0.3 is 5.97 Å². The van der Waals surface area contributed by atoms with Crippen LogP contribution in [0.15, 0.2) is 23.8 Å². The zero-order valence-electron chi connectivity index (χ0n) is 7.26. The highest BCUT2D eigenvalue weighted by Crippen LogP contribution is 2.08. The maximum atomic E-state index is 10.6. The molecule has 0 aliphatic carbocycles. The fourth-order valence-electron chi connectivity index (χ4n) is 0.759. The topological polar surface area (TPSA) is 54.4 Å². The van der Waals surface area contributed by atoms with Crippen molar-refractivity contribution in [2.75, 3.05) is 0 Å². The van der Waals surface area contributed by atoms with Gasteiger partial charge in [-0.2, -0.15) is 0 Å². The molecule has 0 spiro atoms. The molecular weight excluding hydrogens is 156 g/mol. The van der Waals surface area contributed by atoms with Crippen LogP contribution in [0.2, 0.25) is 0 Å². The summed E-state index contributed by atoms with van der Waals surface area (Å²) in [5, 5.41) is 8.61. The number of carbonyl (C=O) groups is 2. The first kappa shape index (κ1) is 10.6. The molecule has 0 unspecified atom stereocenters. The fourth-order valence-corrected chi connectivity index (χ4v) is 0.759. The molecule has 0 saturated heterocycles. The average molecular weight is 168 g/mol. The van der Waals surface area contributed by atoms with Crippen molar-refractivity contribution in [3.63, 3.8) is 0 Å². The normalized spacial score (nSPS) is 11.0. The van der Waals surface area contributed by atoms with Crippen molar-refractivity contribution in [3.8, 4) is 0 Å². The Kier molecular flexibility index (Phi) is 3.97. The second-order valence-corrected chi connectivity index (χ2v) is 2.72. The Morgan fingerprint density at radius 2 is 1.92 bits per heavy atom. The molecule has 0 bridgehead atoms. The molecule has 3 heteroatoms. The Bertz CT molecular complexity index is 248. The highest BCUT2D eigenvalue weighted by atomic mass is 16.4. The van der Waals surface area contributed by atoms with Gasteiger partial charge in [0.2, 0.25) is 0 Å². The van der Waals surface area contributed by atoms with E-state index < -0.39 is 5.97 Å². The number of carbonyl (C=O) groups excluding carboxylic acids is 1. The molecule has 0 heterocycles. The van der Waals surface area contributed by atoms with Crippen LogP contribution in [0.25, 0.3) is 0 Å². The van der Waals surface area contributed by atoms with Crippen molar-refractivity contribution < 1.29 is 14.7 Å². The summed E-state index contributed by atoms with van der Waals surface area (Å²) in [6.07, 6.45) is 1.37. The SMILES string of the molecule is C=C(C)C/C(=C/C(C)=O)C(=O)O. The number of hydrogen-bond acceptors (Lipinski definition) is 2. The zero-order valence-corrected chi connectivity index (χ0v) is 7.26. The number of rotatable bonds is 4. The monoisotopic (exact) mass is 168 g/mol. The lowest BCUT2D eigenvalue weighted by Gasteiger charge is -1.99. The van der Waals surface area contributed by atoms with E-state index in [4.69, 9.17) is 5.11 Å². The van der Waals surface area contributed by atoms with Gasteiger partial charge in [-0.3, -0.25) is 4.79 Å². The number of hydrogen-bond donors (Lipinski definition) is 1. The molecule has 0 fully saturated rings. The van der Waals surface area contributed by atoms with Crippen LogP contribution in [0, 0.1) is 0 Å². The Morgan fingerprint density at radius 3 is 2.17 bits per heavy atom. The molecule has 0 amide bonds. The molecule has 0 rings (SSSR count). The lowest BCUT2D eigenvalue weighted by Crippen LogP contribution is -2.03. The molecule has 12 heavy (non-hydrogen) atoms. The number of allylic oxidation sites excluding steroid dienone is 2. The third-order valence-electron chi connectivity index (χ3n) is 1.14. The van der Waals surface area contributed by atoms with E-state index in [1.807, 2.05) is 0 Å². The molecule has 0 radical (unpaired) electrons. The minimum absolute atomic E-state index is 0.0926. The van der Waals surface area contributed by atoms with Crippen LogP contribution < -0.4 is 0 Å². The molecular formula is C9H12O3. The van der Waals surface area contributed by atoms with E-state index >= 15 is 0 Å². The largest absolute Gasteiger partial charge is 0.478 e. The number of carboxylic acids is 1. The molecule has 0 aromatic carbocycles. The Balaban J connectivity index is 4.55. The summed E-state index contributed by atoms with van der Waals surface area (Å²) in [6.45, 7) is 6.61. The summed E-state index contributed by atoms with van der Waals surface area (Å²) in [5.74, 6) is -1.32. The van der Waals surface area contributed by atoms with Crippen molar-refractivity contribution >= 4 is 11.8 Å². The van der Waals surface area contributed by atoms with Crippen molar-refractivity contribution in [1.82, 2.24) is 0 Å². The first-order chi connectivity index (χ1) is 5.43. The summed E-state index contributed by atoms with van der Waals surface area (Å²) in [4.78, 5) is 21.1. The minimum Gasteiger partial charge on any atom is -0.478 e. The Labute approximate surface area is 71.4 Å². The summed E-state index contributed by atoms with van der Waals surface area (Å²) >= 11 is 0. The average Bonchev–Trinajstić information content (AvgIpc) is 1.83. The van der Waals surface area contributed by atoms with Crippen LogP contribution >= 0.6 is 0 Å². The van der Waals surface area contributed by atoms with Gasteiger partial charge in [0.15, 0.2) is 5.78 Å². The second-order valence-electron chi connectivity index (χ2n) is 2.72. The third kappa shape index (κ3) is 4.44. The summed E-state index contributed by atoms with van der Waals surface area (Å²) in [7, 11) is 0. The lowest BCUT2D eigenvalue weighted by atomic mass is 10.1. The predicted octanol–water partition coefficient (Wildman–Crippen LogP) is 1.55. The molecule has 1 N–H and O–H groups in total. The number of carboxylic acid groups (broad SMARTS) is 1. The first-order valence-corrected chi connectivity index (χ1v) is 3.52. The predicted molar refractivity (Wildman–Crippen MR) is 45.8 cm³/mol. The molecule has 0 aliphatic rings. The molecule has 66 valence electrons. The standard InChI is InChI=1S/C9H12O3/c1-6(2)4-8(9(11)12)5-7(3)10/h5H,1,4H2,2-3H3,(H,11,12)/b8-5-. The van der Waals surface area contributed by atoms with E-state index in [1.54, 1.807) is 6.92 Å². The van der Waals surface area contributed by atoms with Gasteiger partial charge in [0.1, 0.15) is 0 Å². The Hall–Kier alpha value is -1.38. The van der Waals surface area contributed by atoms with Gasteiger partial charge in [-0.05, 0) is 19.9 Å². The van der Waals surface area contributed by atoms with Crippen LogP contribution in [0.5, 0.6) is 0 Å². The summed E-state index contributed by atoms with van der Waals surface area (Å²) < 4.78 is 0. The zero-order chi connectivity index (χ0) is 9.72. The first-order valence-electron chi connectivity index (χ1n) is 3.52. The van der Waals surface area contributed by atoms with E-state index in [0.29, 0.717) is 0 Å². The van der Waals surface area contributed by atoms with Crippen LogP contribution in [0.4, 0.5) is 0 Å². The second kappa shape index (κ2) is 4.49. The Morgan fingerprint density at radius 1 is 1.42 bits per heavy atom. The smallest absolute Gasteiger partial charge is 0.332 e. The highest BCUT2D eigenvalue weighted by Gasteiger charge is 2.07. The molecule has 0 aromatic rings. The van der Waals surface area contributed by atoms with E-state index in [2.05, 4.69) is 6.58 Å². The van der Waals surface area contributed by atoms with Crippen molar-refractivity contribution in [3.05, 3.63) is 23.8 Å². The van der Waals surface area contributed by atoms with Crippen molar-refractivity contribution in [1.29, 1.82) is 0 Å². The van der Waals surface area contributed by atoms with Gasteiger partial charge in [0, 0.05) is 12.0 Å². The summed E-state index contributed by atoms with van der Waals surface area (Å²) in [5.41, 5.74) is 0.819. The lowest BCUT2D eigenvalue weighted by molar-refractivity contribution is -0.133. The van der Waals surface area contributed by atoms with Crippen molar-refractivity contribution in [2.45, 2.75) is 20.3 Å². The maximum Gasteiger partial charge on any atom is 0.332 e. The van der Waals surface area contributed by atoms with Gasteiger partial charge in [-0.25, -0.2) is 4.79 Å². The van der Waals surface area contributed by atoms with E-state index in [0.717, 1.165) is 11.6 Å². The van der Waals surface area contributed by atoms with Crippen LogP contribution in [-0.2, 0) is 9.59 Å². The molecule has 0 saturated carbocycles. The van der Waals surface area contributed by atoms with Gasteiger partial charge in [0.05, 0.1) is 0 Å². The van der Waals surface area contributed by atoms with Gasteiger partial charge in [-0.1, -0.05) is 12.2 Å². The quantitative estimate of drug-likeness (QED) is 0.512. The highest BCUT2D eigenvalue weighted by molar-refractivity contribution is 5.97.